The number of carbonyl (C=O) groups excluding carboxylic acids is 1. The largest absolute Gasteiger partial charge is 0.454 e. The Balaban J connectivity index is 1.88. The number of nitrogens with zero attached hydrogens (tertiary/aromatic N) is 1. The molecule has 1 aromatic carbocycles. The lowest BCUT2D eigenvalue weighted by Crippen LogP contribution is -2.39. The van der Waals surface area contributed by atoms with Gasteiger partial charge in [-0.1, -0.05) is 13.0 Å². The van der Waals surface area contributed by atoms with Gasteiger partial charge in [0.05, 0.1) is 6.04 Å². The SMILES string of the molecule is CCC(=O)C1=C(C)NC(N)=NC1Cc1ccc2c(c1)OCO2. The third-order valence-corrected chi connectivity index (χ3v) is 3.84. The predicted octanol–water partition coefficient (Wildman–Crippen LogP) is 1.50. The summed E-state index contributed by atoms with van der Waals surface area (Å²) in [7, 11) is 0. The van der Waals surface area contributed by atoms with Gasteiger partial charge in [0.15, 0.2) is 23.2 Å². The van der Waals surface area contributed by atoms with Crippen molar-refractivity contribution in [1.29, 1.82) is 0 Å². The Morgan fingerprint density at radius 2 is 2.18 bits per heavy atom. The molecule has 3 rings (SSSR count). The standard InChI is InChI=1S/C16H19N3O3/c1-3-12(20)15-9(2)18-16(17)19-11(15)6-10-4-5-13-14(7-10)22-8-21-13/h4-5,7,11H,3,6,8H2,1-2H3,(H3,17,18,19). The molecule has 0 radical (unpaired) electrons. The molecule has 2 heterocycles. The molecule has 22 heavy (non-hydrogen) atoms. The first-order valence-corrected chi connectivity index (χ1v) is 7.31. The summed E-state index contributed by atoms with van der Waals surface area (Å²) in [4.78, 5) is 16.6. The summed E-state index contributed by atoms with van der Waals surface area (Å²) in [5.74, 6) is 1.91. The van der Waals surface area contributed by atoms with Crippen LogP contribution in [0.15, 0.2) is 34.5 Å². The number of carbonyl (C=O) groups is 1. The van der Waals surface area contributed by atoms with Gasteiger partial charge in [0.2, 0.25) is 6.79 Å². The fraction of sp³-hybridized carbons (Fsp3) is 0.375. The molecule has 6 nitrogen and oxygen atoms in total. The molecule has 2 aliphatic heterocycles. The molecule has 0 bridgehead atoms. The van der Waals surface area contributed by atoms with Gasteiger partial charge in [0, 0.05) is 17.7 Å². The molecule has 6 heteroatoms. The topological polar surface area (TPSA) is 85.9 Å². The van der Waals surface area contributed by atoms with E-state index in [0.717, 1.165) is 22.8 Å². The van der Waals surface area contributed by atoms with E-state index in [1.54, 1.807) is 0 Å². The molecule has 0 saturated carbocycles. The van der Waals surface area contributed by atoms with Gasteiger partial charge in [-0.25, -0.2) is 4.99 Å². The molecular formula is C16H19N3O3. The lowest BCUT2D eigenvalue weighted by Gasteiger charge is -2.24. The maximum Gasteiger partial charge on any atom is 0.231 e. The lowest BCUT2D eigenvalue weighted by molar-refractivity contribution is -0.115. The normalized spacial score (nSPS) is 19.7. The van der Waals surface area contributed by atoms with Crippen molar-refractivity contribution >= 4 is 11.7 Å². The minimum Gasteiger partial charge on any atom is -0.454 e. The third kappa shape index (κ3) is 2.64. The third-order valence-electron chi connectivity index (χ3n) is 3.84. The zero-order valence-corrected chi connectivity index (χ0v) is 12.7. The highest BCUT2D eigenvalue weighted by molar-refractivity contribution is 5.99. The van der Waals surface area contributed by atoms with E-state index >= 15 is 0 Å². The maximum atomic E-state index is 12.2. The lowest BCUT2D eigenvalue weighted by atomic mass is 9.92. The fourth-order valence-electron chi connectivity index (χ4n) is 2.80. The maximum absolute atomic E-state index is 12.2. The average molecular weight is 301 g/mol. The van der Waals surface area contributed by atoms with Crippen LogP contribution in [-0.4, -0.2) is 24.6 Å². The molecule has 0 spiro atoms. The molecule has 1 aromatic rings. The van der Waals surface area contributed by atoms with Crippen LogP contribution in [0.25, 0.3) is 0 Å². The van der Waals surface area contributed by atoms with Crippen LogP contribution in [0.5, 0.6) is 11.5 Å². The summed E-state index contributed by atoms with van der Waals surface area (Å²) >= 11 is 0. The van der Waals surface area contributed by atoms with Crippen molar-refractivity contribution in [2.75, 3.05) is 6.79 Å². The van der Waals surface area contributed by atoms with E-state index in [4.69, 9.17) is 15.2 Å². The van der Waals surface area contributed by atoms with E-state index in [1.807, 2.05) is 32.0 Å². The fourth-order valence-corrected chi connectivity index (χ4v) is 2.80. The minimum atomic E-state index is -0.269. The number of ketones is 1. The van der Waals surface area contributed by atoms with Crippen molar-refractivity contribution in [3.8, 4) is 11.5 Å². The Bertz CT molecular complexity index is 679. The van der Waals surface area contributed by atoms with E-state index in [-0.39, 0.29) is 18.6 Å². The molecule has 1 atom stereocenters. The summed E-state index contributed by atoms with van der Waals surface area (Å²) in [6.07, 6.45) is 1.04. The second-order valence-corrected chi connectivity index (χ2v) is 5.36. The van der Waals surface area contributed by atoms with Gasteiger partial charge in [-0.2, -0.15) is 0 Å². The number of fused-ring (bicyclic) bond motifs is 1. The molecule has 2 aliphatic rings. The molecule has 0 fully saturated rings. The van der Waals surface area contributed by atoms with Crippen LogP contribution in [0, 0.1) is 0 Å². The number of Topliss-reactive ketones (excluding diaryl/α,β-unsaturated/α-hetero) is 1. The van der Waals surface area contributed by atoms with Crippen molar-refractivity contribution < 1.29 is 14.3 Å². The van der Waals surface area contributed by atoms with Gasteiger partial charge in [-0.3, -0.25) is 4.79 Å². The van der Waals surface area contributed by atoms with Crippen molar-refractivity contribution in [3.05, 3.63) is 35.0 Å². The highest BCUT2D eigenvalue weighted by Crippen LogP contribution is 2.33. The molecule has 1 unspecified atom stereocenters. The van der Waals surface area contributed by atoms with Gasteiger partial charge >= 0.3 is 0 Å². The summed E-state index contributed by atoms with van der Waals surface area (Å²) in [5, 5.41) is 2.94. The summed E-state index contributed by atoms with van der Waals surface area (Å²) < 4.78 is 10.7. The first-order valence-electron chi connectivity index (χ1n) is 7.31. The zero-order valence-electron chi connectivity index (χ0n) is 12.7. The smallest absolute Gasteiger partial charge is 0.231 e. The van der Waals surface area contributed by atoms with Crippen LogP contribution in [0.2, 0.25) is 0 Å². The second kappa shape index (κ2) is 5.71. The number of benzene rings is 1. The first kappa shape index (κ1) is 14.4. The van der Waals surface area contributed by atoms with E-state index in [9.17, 15) is 4.79 Å². The van der Waals surface area contributed by atoms with E-state index < -0.39 is 0 Å². The van der Waals surface area contributed by atoms with E-state index in [0.29, 0.717) is 24.4 Å². The van der Waals surface area contributed by atoms with Crippen molar-refractivity contribution in [2.24, 2.45) is 10.7 Å². The molecule has 0 saturated heterocycles. The van der Waals surface area contributed by atoms with Crippen LogP contribution in [-0.2, 0) is 11.2 Å². The number of aliphatic imine (C=N–C) groups is 1. The minimum absolute atomic E-state index is 0.0898. The van der Waals surface area contributed by atoms with Crippen molar-refractivity contribution in [3.63, 3.8) is 0 Å². The number of allylic oxidation sites excluding steroid dienone is 1. The molecule has 0 aromatic heterocycles. The van der Waals surface area contributed by atoms with E-state index in [2.05, 4.69) is 10.3 Å². The highest BCUT2D eigenvalue weighted by Gasteiger charge is 2.26. The van der Waals surface area contributed by atoms with Crippen LogP contribution in [0.4, 0.5) is 0 Å². The number of nitrogens with one attached hydrogen (secondary N) is 1. The number of hydrogen-bond donors (Lipinski definition) is 2. The van der Waals surface area contributed by atoms with Crippen LogP contribution >= 0.6 is 0 Å². The van der Waals surface area contributed by atoms with Crippen molar-refractivity contribution in [2.45, 2.75) is 32.7 Å². The molecule has 3 N–H and O–H groups in total. The summed E-state index contributed by atoms with van der Waals surface area (Å²) in [6.45, 7) is 3.95. The molecule has 0 amide bonds. The Hall–Kier alpha value is -2.50. The average Bonchev–Trinajstić information content (AvgIpc) is 2.93. The first-order chi connectivity index (χ1) is 10.6. The summed E-state index contributed by atoms with van der Waals surface area (Å²) in [6, 6.07) is 5.50. The number of rotatable bonds is 4. The van der Waals surface area contributed by atoms with Crippen molar-refractivity contribution in [1.82, 2.24) is 5.32 Å². The molecule has 0 aliphatic carbocycles. The Labute approximate surface area is 129 Å². The molecular weight excluding hydrogens is 282 g/mol. The van der Waals surface area contributed by atoms with Crippen LogP contribution < -0.4 is 20.5 Å². The number of ether oxygens (including phenoxy) is 2. The van der Waals surface area contributed by atoms with Gasteiger partial charge in [-0.15, -0.1) is 0 Å². The van der Waals surface area contributed by atoms with Gasteiger partial charge in [0.25, 0.3) is 0 Å². The van der Waals surface area contributed by atoms with Gasteiger partial charge in [0.1, 0.15) is 0 Å². The second-order valence-electron chi connectivity index (χ2n) is 5.36. The monoisotopic (exact) mass is 301 g/mol. The summed E-state index contributed by atoms with van der Waals surface area (Å²) in [5.41, 5.74) is 8.33. The van der Waals surface area contributed by atoms with Crippen LogP contribution in [0.3, 0.4) is 0 Å². The van der Waals surface area contributed by atoms with Gasteiger partial charge in [-0.05, 0) is 31.0 Å². The Morgan fingerprint density at radius 1 is 1.41 bits per heavy atom. The van der Waals surface area contributed by atoms with Gasteiger partial charge < -0.3 is 20.5 Å². The number of guanidine groups is 1. The zero-order chi connectivity index (χ0) is 15.7. The number of hydrogen-bond acceptors (Lipinski definition) is 6. The quantitative estimate of drug-likeness (QED) is 0.880. The van der Waals surface area contributed by atoms with E-state index in [1.165, 1.54) is 0 Å². The highest BCUT2D eigenvalue weighted by atomic mass is 16.7. The predicted molar refractivity (Wildman–Crippen MR) is 82.8 cm³/mol. The Kier molecular flexibility index (Phi) is 3.75. The Morgan fingerprint density at radius 3 is 2.95 bits per heavy atom. The van der Waals surface area contributed by atoms with Crippen LogP contribution in [0.1, 0.15) is 25.8 Å². The molecule has 116 valence electrons. The number of nitrogens with two attached hydrogens (primary N) is 1.